The lowest BCUT2D eigenvalue weighted by molar-refractivity contribution is 0.212. The van der Waals surface area contributed by atoms with E-state index in [-0.39, 0.29) is 12.5 Å². The molecule has 3 heteroatoms. The van der Waals surface area contributed by atoms with E-state index in [0.717, 1.165) is 18.7 Å². The lowest BCUT2D eigenvalue weighted by atomic mass is 9.81. The molecule has 0 aliphatic heterocycles. The summed E-state index contributed by atoms with van der Waals surface area (Å²) < 4.78 is 5.93. The van der Waals surface area contributed by atoms with Crippen molar-refractivity contribution in [2.45, 2.75) is 50.7 Å². The number of nitrogens with one attached hydrogen (secondary N) is 1. The Morgan fingerprint density at radius 3 is 2.03 bits per heavy atom. The van der Waals surface area contributed by atoms with Crippen molar-refractivity contribution >= 4 is 0 Å². The quantitative estimate of drug-likeness (QED) is 0.432. The van der Waals surface area contributed by atoms with Crippen molar-refractivity contribution in [1.29, 1.82) is 0 Å². The summed E-state index contributed by atoms with van der Waals surface area (Å²) in [5.41, 5.74) is 3.91. The molecule has 0 bridgehead atoms. The fraction of sp³-hybridized carbons (Fsp3) is 0.379. The average Bonchev–Trinajstić information content (AvgIpc) is 2.87. The molecule has 0 spiro atoms. The van der Waals surface area contributed by atoms with E-state index in [1.165, 1.54) is 42.4 Å². The lowest BCUT2D eigenvalue weighted by Gasteiger charge is -2.30. The van der Waals surface area contributed by atoms with Gasteiger partial charge in [0.2, 0.25) is 0 Å². The van der Waals surface area contributed by atoms with Crippen LogP contribution >= 0.6 is 0 Å². The van der Waals surface area contributed by atoms with Crippen LogP contribution < -0.4 is 10.1 Å². The summed E-state index contributed by atoms with van der Waals surface area (Å²) in [6, 6.07) is 30.0. The van der Waals surface area contributed by atoms with Gasteiger partial charge in [-0.3, -0.25) is 0 Å². The Kier molecular flexibility index (Phi) is 8.35. The molecule has 0 unspecified atom stereocenters. The summed E-state index contributed by atoms with van der Waals surface area (Å²) in [6.07, 6.45) is 5.74. The van der Waals surface area contributed by atoms with Crippen molar-refractivity contribution in [3.63, 3.8) is 0 Å². The smallest absolute Gasteiger partial charge is 0.119 e. The molecule has 1 saturated carbocycles. The summed E-state index contributed by atoms with van der Waals surface area (Å²) in [7, 11) is 0. The Bertz CT molecular complexity index is 903. The standard InChI is InChI=1S/C29H35NO2/c31-21-25(19-23-7-3-1-4-8-23)20-30-28-15-11-26(12-16-28)27-13-17-29(18-14-27)32-22-24-9-5-2-6-10-24/h1-10,13-14,17-18,25-26,28,30-31H,11-12,15-16,19-22H2/t25-,26?,28?/m0/s1. The van der Waals surface area contributed by atoms with Gasteiger partial charge in [0, 0.05) is 19.2 Å². The van der Waals surface area contributed by atoms with Crippen LogP contribution in [0.3, 0.4) is 0 Å². The Morgan fingerprint density at radius 1 is 0.781 bits per heavy atom. The average molecular weight is 430 g/mol. The SMILES string of the molecule is OC[C@H](CNC1CCC(c2ccc(OCc3ccccc3)cc2)CC1)Cc1ccccc1. The van der Waals surface area contributed by atoms with Crippen molar-refractivity contribution in [1.82, 2.24) is 5.32 Å². The Labute approximate surface area is 192 Å². The molecule has 168 valence electrons. The van der Waals surface area contributed by atoms with Gasteiger partial charge in [-0.05, 0) is 72.8 Å². The normalized spacial score (nSPS) is 19.4. The van der Waals surface area contributed by atoms with E-state index in [1.807, 2.05) is 24.3 Å². The molecular weight excluding hydrogens is 394 g/mol. The van der Waals surface area contributed by atoms with Gasteiger partial charge in [-0.25, -0.2) is 0 Å². The van der Waals surface area contributed by atoms with Gasteiger partial charge in [0.1, 0.15) is 12.4 Å². The maximum Gasteiger partial charge on any atom is 0.119 e. The van der Waals surface area contributed by atoms with E-state index in [1.54, 1.807) is 0 Å². The first kappa shape index (κ1) is 22.6. The first-order chi connectivity index (χ1) is 15.8. The summed E-state index contributed by atoms with van der Waals surface area (Å²) in [6.45, 7) is 1.72. The van der Waals surface area contributed by atoms with Crippen LogP contribution in [0.15, 0.2) is 84.9 Å². The van der Waals surface area contributed by atoms with Crippen molar-refractivity contribution in [3.05, 3.63) is 102 Å². The molecule has 2 N–H and O–H groups in total. The van der Waals surface area contributed by atoms with Crippen LogP contribution in [0.1, 0.15) is 48.3 Å². The Hall–Kier alpha value is -2.62. The zero-order valence-corrected chi connectivity index (χ0v) is 18.8. The van der Waals surface area contributed by atoms with Crippen molar-refractivity contribution in [2.75, 3.05) is 13.2 Å². The predicted octanol–water partition coefficient (Wildman–Crippen LogP) is 5.73. The van der Waals surface area contributed by atoms with E-state index in [0.29, 0.717) is 18.6 Å². The van der Waals surface area contributed by atoms with Crippen LogP contribution in [0.25, 0.3) is 0 Å². The maximum atomic E-state index is 9.78. The van der Waals surface area contributed by atoms with Crippen LogP contribution in [0, 0.1) is 5.92 Å². The van der Waals surface area contributed by atoms with E-state index in [2.05, 4.69) is 66.0 Å². The lowest BCUT2D eigenvalue weighted by Crippen LogP contribution is -2.37. The third-order valence-electron chi connectivity index (χ3n) is 6.65. The van der Waals surface area contributed by atoms with Crippen LogP contribution in [0.4, 0.5) is 0 Å². The molecule has 3 nitrogen and oxygen atoms in total. The first-order valence-electron chi connectivity index (χ1n) is 11.9. The predicted molar refractivity (Wildman–Crippen MR) is 131 cm³/mol. The zero-order chi connectivity index (χ0) is 22.0. The van der Waals surface area contributed by atoms with Gasteiger partial charge in [0.05, 0.1) is 0 Å². The van der Waals surface area contributed by atoms with E-state index < -0.39 is 0 Å². The highest BCUT2D eigenvalue weighted by molar-refractivity contribution is 5.30. The molecule has 0 amide bonds. The summed E-state index contributed by atoms with van der Waals surface area (Å²) in [4.78, 5) is 0. The van der Waals surface area contributed by atoms with Crippen molar-refractivity contribution < 1.29 is 9.84 Å². The monoisotopic (exact) mass is 429 g/mol. The Balaban J connectivity index is 1.19. The number of benzene rings is 3. The van der Waals surface area contributed by atoms with Crippen LogP contribution in [0.2, 0.25) is 0 Å². The second kappa shape index (κ2) is 11.8. The molecule has 1 atom stereocenters. The van der Waals surface area contributed by atoms with Gasteiger partial charge >= 0.3 is 0 Å². The van der Waals surface area contributed by atoms with E-state index >= 15 is 0 Å². The highest BCUT2D eigenvalue weighted by Gasteiger charge is 2.23. The maximum absolute atomic E-state index is 9.78. The molecular formula is C29H35NO2. The first-order valence-corrected chi connectivity index (χ1v) is 11.9. The molecule has 1 aliphatic rings. The molecule has 1 fully saturated rings. The van der Waals surface area contributed by atoms with E-state index in [9.17, 15) is 5.11 Å². The summed E-state index contributed by atoms with van der Waals surface area (Å²) >= 11 is 0. The molecule has 4 rings (SSSR count). The molecule has 0 radical (unpaired) electrons. The van der Waals surface area contributed by atoms with Gasteiger partial charge in [-0.2, -0.15) is 0 Å². The van der Waals surface area contributed by atoms with Crippen molar-refractivity contribution in [2.24, 2.45) is 5.92 Å². The molecule has 0 saturated heterocycles. The largest absolute Gasteiger partial charge is 0.489 e. The molecule has 32 heavy (non-hydrogen) atoms. The van der Waals surface area contributed by atoms with Crippen LogP contribution in [0.5, 0.6) is 5.75 Å². The van der Waals surface area contributed by atoms with Gasteiger partial charge in [-0.15, -0.1) is 0 Å². The molecule has 1 aliphatic carbocycles. The number of rotatable bonds is 10. The third-order valence-corrected chi connectivity index (χ3v) is 6.65. The number of aliphatic hydroxyl groups is 1. The number of hydrogen-bond donors (Lipinski definition) is 2. The van der Waals surface area contributed by atoms with Gasteiger partial charge in [-0.1, -0.05) is 72.8 Å². The van der Waals surface area contributed by atoms with Crippen LogP contribution in [-0.4, -0.2) is 24.3 Å². The summed E-state index contributed by atoms with van der Waals surface area (Å²) in [5, 5.41) is 13.5. The molecule has 3 aromatic rings. The summed E-state index contributed by atoms with van der Waals surface area (Å²) in [5.74, 6) is 1.84. The second-order valence-corrected chi connectivity index (χ2v) is 9.04. The van der Waals surface area contributed by atoms with E-state index in [4.69, 9.17) is 4.74 Å². The highest BCUT2D eigenvalue weighted by Crippen LogP contribution is 2.33. The minimum atomic E-state index is 0.232. The highest BCUT2D eigenvalue weighted by atomic mass is 16.5. The minimum absolute atomic E-state index is 0.232. The molecule has 0 heterocycles. The topological polar surface area (TPSA) is 41.5 Å². The number of ether oxygens (including phenoxy) is 1. The second-order valence-electron chi connectivity index (χ2n) is 9.04. The van der Waals surface area contributed by atoms with Gasteiger partial charge in [0.15, 0.2) is 0 Å². The van der Waals surface area contributed by atoms with Crippen molar-refractivity contribution in [3.8, 4) is 5.75 Å². The Morgan fingerprint density at radius 2 is 1.41 bits per heavy atom. The minimum Gasteiger partial charge on any atom is -0.489 e. The third kappa shape index (κ3) is 6.69. The van der Waals surface area contributed by atoms with Gasteiger partial charge in [0.25, 0.3) is 0 Å². The molecule has 3 aromatic carbocycles. The van der Waals surface area contributed by atoms with Crippen LogP contribution in [-0.2, 0) is 13.0 Å². The number of aliphatic hydroxyl groups excluding tert-OH is 1. The number of hydrogen-bond acceptors (Lipinski definition) is 3. The molecule has 0 aromatic heterocycles. The fourth-order valence-corrected chi connectivity index (χ4v) is 4.69. The van der Waals surface area contributed by atoms with Gasteiger partial charge < -0.3 is 15.2 Å². The zero-order valence-electron chi connectivity index (χ0n) is 18.8. The fourth-order valence-electron chi connectivity index (χ4n) is 4.69.